The first-order valence-electron chi connectivity index (χ1n) is 13.2. The lowest BCUT2D eigenvalue weighted by Gasteiger charge is -2.27. The highest BCUT2D eigenvalue weighted by Gasteiger charge is 2.30. The van der Waals surface area contributed by atoms with Crippen LogP contribution in [0.1, 0.15) is 38.8 Å². The predicted octanol–water partition coefficient (Wildman–Crippen LogP) is 2.36. The number of hydrogen-bond donors (Lipinski definition) is 4. The first-order chi connectivity index (χ1) is 18.1. The fourth-order valence-electron chi connectivity index (χ4n) is 4.40. The van der Waals surface area contributed by atoms with Gasteiger partial charge < -0.3 is 26.0 Å². The van der Waals surface area contributed by atoms with Crippen molar-refractivity contribution in [1.29, 1.82) is 0 Å². The molecule has 0 aromatic heterocycles. The van der Waals surface area contributed by atoms with Crippen molar-refractivity contribution in [3.8, 4) is 5.75 Å². The normalized spacial score (nSPS) is 24.2. The Morgan fingerprint density at radius 2 is 1.74 bits per heavy atom. The Hall–Kier alpha value is -3.46. The second-order valence-corrected chi connectivity index (χ2v) is 10.3. The van der Waals surface area contributed by atoms with Crippen molar-refractivity contribution in [3.63, 3.8) is 0 Å². The van der Waals surface area contributed by atoms with Crippen LogP contribution in [0.5, 0.6) is 5.75 Å². The van der Waals surface area contributed by atoms with E-state index in [0.717, 1.165) is 11.3 Å². The van der Waals surface area contributed by atoms with Crippen LogP contribution in [0.15, 0.2) is 48.5 Å². The highest BCUT2D eigenvalue weighted by atomic mass is 19.1. The molecule has 0 radical (unpaired) electrons. The molecule has 206 valence electrons. The van der Waals surface area contributed by atoms with Gasteiger partial charge in [0.2, 0.25) is 17.7 Å². The number of amides is 3. The van der Waals surface area contributed by atoms with E-state index in [1.165, 1.54) is 12.1 Å². The van der Waals surface area contributed by atoms with E-state index in [1.807, 2.05) is 45.0 Å². The lowest BCUT2D eigenvalue weighted by molar-refractivity contribution is -0.133. The van der Waals surface area contributed by atoms with Gasteiger partial charge >= 0.3 is 0 Å². The lowest BCUT2D eigenvalue weighted by atomic mass is 10.00. The van der Waals surface area contributed by atoms with E-state index in [1.54, 1.807) is 19.1 Å². The van der Waals surface area contributed by atoms with Gasteiger partial charge in [-0.15, -0.1) is 0 Å². The van der Waals surface area contributed by atoms with E-state index in [-0.39, 0.29) is 30.0 Å². The number of rotatable bonds is 3. The van der Waals surface area contributed by atoms with Gasteiger partial charge in [-0.3, -0.25) is 14.4 Å². The third-order valence-corrected chi connectivity index (χ3v) is 6.56. The Labute approximate surface area is 224 Å². The fraction of sp³-hybridized carbons (Fsp3) is 0.483. The number of carbonyl (C=O) groups is 3. The standard InChI is InChI=1S/C29H39FN4O4/c1-18(2)26-29(37)33-20(4)27(35)32-17-19(3)14-22-9-5-6-11-25(22)38-13-12-31-24(28(36)34-26)16-21-8-7-10-23(30)15-21/h5-11,15,18-20,24,26,31H,12-14,16-17H2,1-4H3,(H,32,35)(H,33,37)(H,34,36)/t19-,20+,24-,26-/m1/s1. The summed E-state index contributed by atoms with van der Waals surface area (Å²) in [7, 11) is 0. The van der Waals surface area contributed by atoms with E-state index in [0.29, 0.717) is 31.7 Å². The summed E-state index contributed by atoms with van der Waals surface area (Å²) in [4.78, 5) is 39.1. The molecule has 0 spiro atoms. The smallest absolute Gasteiger partial charge is 0.243 e. The van der Waals surface area contributed by atoms with Crippen molar-refractivity contribution >= 4 is 17.7 Å². The zero-order valence-corrected chi connectivity index (χ0v) is 22.6. The molecule has 8 nitrogen and oxygen atoms in total. The number of benzene rings is 2. The molecule has 4 atom stereocenters. The maximum atomic E-state index is 13.8. The maximum absolute atomic E-state index is 13.8. The number of fused-ring (bicyclic) bond motifs is 1. The van der Waals surface area contributed by atoms with Gasteiger partial charge in [-0.1, -0.05) is 51.1 Å². The Bertz CT molecular complexity index is 1110. The van der Waals surface area contributed by atoms with Crippen molar-refractivity contribution in [2.75, 3.05) is 19.7 Å². The van der Waals surface area contributed by atoms with E-state index >= 15 is 0 Å². The summed E-state index contributed by atoms with van der Waals surface area (Å²) in [6.07, 6.45) is 0.924. The summed E-state index contributed by atoms with van der Waals surface area (Å²) in [6.45, 7) is 8.42. The minimum atomic E-state index is -0.851. The van der Waals surface area contributed by atoms with Crippen molar-refractivity contribution in [2.45, 2.75) is 58.7 Å². The van der Waals surface area contributed by atoms with Crippen molar-refractivity contribution in [1.82, 2.24) is 21.3 Å². The molecule has 2 aromatic carbocycles. The average Bonchev–Trinajstić information content (AvgIpc) is 2.87. The summed E-state index contributed by atoms with van der Waals surface area (Å²) >= 11 is 0. The molecule has 0 saturated carbocycles. The van der Waals surface area contributed by atoms with Crippen LogP contribution >= 0.6 is 0 Å². The van der Waals surface area contributed by atoms with Crippen LogP contribution in [0.25, 0.3) is 0 Å². The molecule has 38 heavy (non-hydrogen) atoms. The highest BCUT2D eigenvalue weighted by molar-refractivity contribution is 5.93. The summed E-state index contributed by atoms with van der Waals surface area (Å²) in [5.41, 5.74) is 1.67. The van der Waals surface area contributed by atoms with E-state index in [9.17, 15) is 18.8 Å². The highest BCUT2D eigenvalue weighted by Crippen LogP contribution is 2.21. The minimum Gasteiger partial charge on any atom is -0.492 e. The van der Waals surface area contributed by atoms with Gasteiger partial charge in [0.1, 0.15) is 30.3 Å². The number of nitrogens with one attached hydrogen (secondary N) is 4. The van der Waals surface area contributed by atoms with Crippen molar-refractivity contribution < 1.29 is 23.5 Å². The van der Waals surface area contributed by atoms with Gasteiger partial charge in [0.25, 0.3) is 0 Å². The second kappa shape index (κ2) is 13.9. The number of hydrogen-bond acceptors (Lipinski definition) is 5. The lowest BCUT2D eigenvalue weighted by Crippen LogP contribution is -2.58. The Kier molecular flexibility index (Phi) is 10.6. The first-order valence-corrected chi connectivity index (χ1v) is 13.2. The molecule has 0 unspecified atom stereocenters. The molecule has 0 bridgehead atoms. The molecule has 3 amide bonds. The number of halogens is 1. The molecule has 4 N–H and O–H groups in total. The zero-order valence-electron chi connectivity index (χ0n) is 22.6. The minimum absolute atomic E-state index is 0.141. The second-order valence-electron chi connectivity index (χ2n) is 10.3. The average molecular weight is 527 g/mol. The van der Waals surface area contributed by atoms with E-state index in [4.69, 9.17) is 4.74 Å². The van der Waals surface area contributed by atoms with Crippen LogP contribution in [0.3, 0.4) is 0 Å². The number of carbonyl (C=O) groups excluding carboxylic acids is 3. The van der Waals surface area contributed by atoms with Crippen LogP contribution in [0.4, 0.5) is 4.39 Å². The third-order valence-electron chi connectivity index (χ3n) is 6.56. The van der Waals surface area contributed by atoms with Crippen molar-refractivity contribution in [3.05, 3.63) is 65.5 Å². The summed E-state index contributed by atoms with van der Waals surface area (Å²) in [6, 6.07) is 11.5. The van der Waals surface area contributed by atoms with Crippen LogP contribution in [-0.4, -0.2) is 55.5 Å². The van der Waals surface area contributed by atoms with Gasteiger partial charge in [-0.25, -0.2) is 4.39 Å². The molecule has 2 aromatic rings. The molecule has 0 fully saturated rings. The van der Waals surface area contributed by atoms with Crippen LogP contribution in [0.2, 0.25) is 0 Å². The van der Waals surface area contributed by atoms with Gasteiger partial charge in [-0.05, 0) is 60.9 Å². The van der Waals surface area contributed by atoms with Gasteiger partial charge in [0.05, 0.1) is 6.04 Å². The number of para-hydroxylation sites is 1. The van der Waals surface area contributed by atoms with Crippen molar-refractivity contribution in [2.24, 2.45) is 11.8 Å². The predicted molar refractivity (Wildman–Crippen MR) is 144 cm³/mol. The largest absolute Gasteiger partial charge is 0.492 e. The van der Waals surface area contributed by atoms with Crippen LogP contribution in [-0.2, 0) is 27.2 Å². The maximum Gasteiger partial charge on any atom is 0.243 e. The summed E-state index contributed by atoms with van der Waals surface area (Å²) in [5.74, 6) is -0.849. The molecule has 1 aliphatic heterocycles. The van der Waals surface area contributed by atoms with Crippen LogP contribution < -0.4 is 26.0 Å². The quantitative estimate of drug-likeness (QED) is 0.491. The summed E-state index contributed by atoms with van der Waals surface area (Å²) < 4.78 is 19.9. The Balaban J connectivity index is 1.85. The fourth-order valence-corrected chi connectivity index (χ4v) is 4.40. The van der Waals surface area contributed by atoms with E-state index in [2.05, 4.69) is 21.3 Å². The molecule has 3 rings (SSSR count). The monoisotopic (exact) mass is 526 g/mol. The molecule has 0 saturated heterocycles. The Morgan fingerprint density at radius 1 is 0.974 bits per heavy atom. The van der Waals surface area contributed by atoms with Crippen LogP contribution in [0, 0.1) is 17.7 Å². The molecular weight excluding hydrogens is 487 g/mol. The Morgan fingerprint density at radius 3 is 2.47 bits per heavy atom. The molecule has 0 aliphatic carbocycles. The topological polar surface area (TPSA) is 109 Å². The zero-order chi connectivity index (χ0) is 27.7. The number of ether oxygens (including phenoxy) is 1. The van der Waals surface area contributed by atoms with E-state index < -0.39 is 29.9 Å². The van der Waals surface area contributed by atoms with Gasteiger partial charge in [0, 0.05) is 13.1 Å². The summed E-state index contributed by atoms with van der Waals surface area (Å²) in [5, 5.41) is 11.7. The molecule has 1 heterocycles. The van der Waals surface area contributed by atoms with Gasteiger partial charge in [0.15, 0.2) is 0 Å². The molecular formula is C29H39FN4O4. The third kappa shape index (κ3) is 8.55. The molecule has 9 heteroatoms. The molecule has 1 aliphatic rings. The first kappa shape index (κ1) is 29.1. The SMILES string of the molecule is CC(C)[C@H]1NC(=O)[C@@H](Cc2cccc(F)c2)NCCOc2ccccc2C[C@@H](C)CNC(=O)[C@H](C)NC1=O. The van der Waals surface area contributed by atoms with Gasteiger partial charge in [-0.2, -0.15) is 0 Å².